The van der Waals surface area contributed by atoms with Gasteiger partial charge in [-0.3, -0.25) is 0 Å². The van der Waals surface area contributed by atoms with Crippen LogP contribution >= 0.6 is 0 Å². The molecule has 0 spiro atoms. The van der Waals surface area contributed by atoms with Crippen molar-refractivity contribution in [1.29, 1.82) is 0 Å². The van der Waals surface area contributed by atoms with Crippen LogP contribution in [0.25, 0.3) is 11.3 Å². The Hall–Kier alpha value is -2.84. The molecule has 2 aromatic rings. The Morgan fingerprint density at radius 3 is 2.75 bits per heavy atom. The molecule has 3 aliphatic heterocycles. The quantitative estimate of drug-likeness (QED) is 0.734. The van der Waals surface area contributed by atoms with Gasteiger partial charge in [0.25, 0.3) is 0 Å². The lowest BCUT2D eigenvalue weighted by atomic mass is 9.96. The Balaban J connectivity index is 1.34. The first-order chi connectivity index (χ1) is 15.5. The van der Waals surface area contributed by atoms with Crippen molar-refractivity contribution in [3.05, 3.63) is 47.8 Å². The van der Waals surface area contributed by atoms with Crippen LogP contribution < -0.4 is 16.0 Å². The number of benzene rings is 1. The number of fused-ring (bicyclic) bond motifs is 1. The normalized spacial score (nSPS) is 21.5. The number of likely N-dealkylation sites (N-methyl/N-ethyl adjacent to an activating group) is 1. The van der Waals surface area contributed by atoms with E-state index in [9.17, 15) is 0 Å². The summed E-state index contributed by atoms with van der Waals surface area (Å²) in [5.74, 6) is 2.23. The van der Waals surface area contributed by atoms with E-state index >= 15 is 0 Å². The number of anilines is 2. The van der Waals surface area contributed by atoms with Crippen molar-refractivity contribution in [2.45, 2.75) is 25.4 Å². The fourth-order valence-electron chi connectivity index (χ4n) is 4.72. The smallest absolute Gasteiger partial charge is 0.222 e. The number of nitrogens with two attached hydrogens (primary N) is 1. The topological polar surface area (TPSA) is 82.8 Å². The Labute approximate surface area is 190 Å². The number of piperazine rings is 1. The largest absolute Gasteiger partial charge is 0.379 e. The van der Waals surface area contributed by atoms with Crippen LogP contribution in [0, 0.1) is 0 Å². The van der Waals surface area contributed by atoms with Crippen molar-refractivity contribution in [1.82, 2.24) is 25.1 Å². The van der Waals surface area contributed by atoms with Crippen LogP contribution in [0.1, 0.15) is 17.5 Å². The molecule has 8 heteroatoms. The first-order valence-electron chi connectivity index (χ1n) is 11.5. The van der Waals surface area contributed by atoms with Gasteiger partial charge in [0.1, 0.15) is 5.82 Å². The lowest BCUT2D eigenvalue weighted by Gasteiger charge is -2.34. The van der Waals surface area contributed by atoms with Gasteiger partial charge in [-0.25, -0.2) is 4.98 Å². The number of hydrogen-bond donors (Lipinski definition) is 2. The lowest BCUT2D eigenvalue weighted by Crippen LogP contribution is -2.44. The zero-order valence-corrected chi connectivity index (χ0v) is 18.9. The summed E-state index contributed by atoms with van der Waals surface area (Å²) in [5, 5.41) is 3.54. The highest BCUT2D eigenvalue weighted by molar-refractivity contribution is 5.66. The number of nitrogens with zero attached hydrogens (tertiary/aromatic N) is 5. The highest BCUT2D eigenvalue weighted by Crippen LogP contribution is 2.29. The molecule has 5 rings (SSSR count). The molecule has 3 N–H and O–H groups in total. The highest BCUT2D eigenvalue weighted by Gasteiger charge is 2.22. The van der Waals surface area contributed by atoms with E-state index in [2.05, 4.69) is 67.9 Å². The van der Waals surface area contributed by atoms with Crippen LogP contribution in [-0.2, 0) is 17.7 Å². The highest BCUT2D eigenvalue weighted by atomic mass is 16.5. The second-order valence-electron chi connectivity index (χ2n) is 9.07. The summed E-state index contributed by atoms with van der Waals surface area (Å²) in [6.07, 6.45) is 2.05. The second-order valence-corrected chi connectivity index (χ2v) is 9.07. The number of rotatable bonds is 5. The van der Waals surface area contributed by atoms with Crippen molar-refractivity contribution in [3.8, 4) is 11.3 Å². The van der Waals surface area contributed by atoms with Gasteiger partial charge in [-0.15, -0.1) is 0 Å². The SMILES string of the molecule is C=C(NC1CCOC1)N1CCc2ccc(-c3cc(N4CCN(C)CC4)nc(N)n3)cc2C1. The predicted octanol–water partition coefficient (Wildman–Crippen LogP) is 1.69. The van der Waals surface area contributed by atoms with E-state index in [4.69, 9.17) is 10.5 Å². The third-order valence-corrected chi connectivity index (χ3v) is 6.75. The maximum Gasteiger partial charge on any atom is 0.222 e. The van der Waals surface area contributed by atoms with Crippen molar-refractivity contribution < 1.29 is 4.74 Å². The summed E-state index contributed by atoms with van der Waals surface area (Å²) in [7, 11) is 2.15. The monoisotopic (exact) mass is 435 g/mol. The minimum atomic E-state index is 0.326. The van der Waals surface area contributed by atoms with E-state index in [0.29, 0.717) is 12.0 Å². The molecular formula is C24H33N7O. The lowest BCUT2D eigenvalue weighted by molar-refractivity contribution is 0.188. The van der Waals surface area contributed by atoms with Crippen molar-refractivity contribution >= 4 is 11.8 Å². The van der Waals surface area contributed by atoms with Gasteiger partial charge in [-0.2, -0.15) is 4.98 Å². The fourth-order valence-corrected chi connectivity index (χ4v) is 4.72. The van der Waals surface area contributed by atoms with E-state index < -0.39 is 0 Å². The zero-order valence-electron chi connectivity index (χ0n) is 18.9. The Morgan fingerprint density at radius 2 is 1.97 bits per heavy atom. The van der Waals surface area contributed by atoms with E-state index in [1.54, 1.807) is 0 Å². The summed E-state index contributed by atoms with van der Waals surface area (Å²) in [6, 6.07) is 9.09. The molecule has 0 bridgehead atoms. The van der Waals surface area contributed by atoms with Gasteiger partial charge in [0, 0.05) is 57.5 Å². The number of nitrogen functional groups attached to an aromatic ring is 1. The van der Waals surface area contributed by atoms with Crippen molar-refractivity contribution in [3.63, 3.8) is 0 Å². The van der Waals surface area contributed by atoms with Crippen molar-refractivity contribution in [2.75, 3.05) is 63.6 Å². The van der Waals surface area contributed by atoms with E-state index in [1.807, 2.05) is 0 Å². The van der Waals surface area contributed by atoms with Crippen LogP contribution in [0.15, 0.2) is 36.7 Å². The summed E-state index contributed by atoms with van der Waals surface area (Å²) in [5.41, 5.74) is 10.8. The van der Waals surface area contributed by atoms with Gasteiger partial charge in [-0.05, 0) is 37.1 Å². The maximum absolute atomic E-state index is 6.11. The maximum atomic E-state index is 6.11. The van der Waals surface area contributed by atoms with Crippen LogP contribution in [0.2, 0.25) is 0 Å². The Morgan fingerprint density at radius 1 is 1.12 bits per heavy atom. The van der Waals surface area contributed by atoms with E-state index in [-0.39, 0.29) is 0 Å². The average molecular weight is 436 g/mol. The molecule has 1 atom stereocenters. The molecule has 1 aromatic heterocycles. The fraction of sp³-hybridized carbons (Fsp3) is 0.500. The first kappa shape index (κ1) is 21.0. The molecule has 1 aromatic carbocycles. The van der Waals surface area contributed by atoms with Crippen LogP contribution in [0.4, 0.5) is 11.8 Å². The van der Waals surface area contributed by atoms with Gasteiger partial charge in [0.2, 0.25) is 5.95 Å². The van der Waals surface area contributed by atoms with Gasteiger partial charge in [-0.1, -0.05) is 18.7 Å². The summed E-state index contributed by atoms with van der Waals surface area (Å²) >= 11 is 0. The molecule has 2 saturated heterocycles. The molecular weight excluding hydrogens is 402 g/mol. The molecule has 0 saturated carbocycles. The molecule has 2 fully saturated rings. The van der Waals surface area contributed by atoms with Crippen LogP contribution in [0.5, 0.6) is 0 Å². The molecule has 3 aliphatic rings. The van der Waals surface area contributed by atoms with Gasteiger partial charge < -0.3 is 30.5 Å². The second kappa shape index (κ2) is 8.96. The molecule has 0 aliphatic carbocycles. The summed E-state index contributed by atoms with van der Waals surface area (Å²) in [4.78, 5) is 16.0. The Bertz CT molecular complexity index is 980. The minimum Gasteiger partial charge on any atom is -0.379 e. The molecule has 0 radical (unpaired) electrons. The number of ether oxygens (including phenoxy) is 1. The summed E-state index contributed by atoms with van der Waals surface area (Å²) < 4.78 is 5.48. The number of aromatic nitrogens is 2. The van der Waals surface area contributed by atoms with E-state index in [1.165, 1.54) is 11.1 Å². The molecule has 1 unspecified atom stereocenters. The third-order valence-electron chi connectivity index (χ3n) is 6.75. The van der Waals surface area contributed by atoms with Gasteiger partial charge >= 0.3 is 0 Å². The van der Waals surface area contributed by atoms with Gasteiger partial charge in [0.15, 0.2) is 0 Å². The molecule has 4 heterocycles. The Kier molecular flexibility index (Phi) is 5.89. The van der Waals surface area contributed by atoms with Crippen LogP contribution in [-0.4, -0.2) is 78.8 Å². The van der Waals surface area contributed by atoms with Crippen LogP contribution in [0.3, 0.4) is 0 Å². The summed E-state index contributed by atoms with van der Waals surface area (Å²) in [6.45, 7) is 11.6. The standard InChI is InChI=1S/C24H33N7O/c1-17(26-21-6-12-32-16-21)31-7-5-18-3-4-19(13-20(18)15-31)22-14-23(28-24(25)27-22)30-10-8-29(2)9-11-30/h3-4,13-14,21,26H,1,5-12,15-16H2,2H3,(H2,25,27,28). The molecule has 0 amide bonds. The minimum absolute atomic E-state index is 0.326. The third kappa shape index (κ3) is 4.52. The average Bonchev–Trinajstić information content (AvgIpc) is 3.31. The molecule has 32 heavy (non-hydrogen) atoms. The first-order valence-corrected chi connectivity index (χ1v) is 11.5. The predicted molar refractivity (Wildman–Crippen MR) is 127 cm³/mol. The number of hydrogen-bond acceptors (Lipinski definition) is 8. The number of nitrogens with one attached hydrogen (secondary N) is 1. The molecule has 170 valence electrons. The van der Waals surface area contributed by atoms with Gasteiger partial charge in [0.05, 0.1) is 24.2 Å². The molecule has 8 nitrogen and oxygen atoms in total. The zero-order chi connectivity index (χ0) is 22.1. The van der Waals surface area contributed by atoms with E-state index in [0.717, 1.165) is 88.2 Å². The van der Waals surface area contributed by atoms with Crippen molar-refractivity contribution in [2.24, 2.45) is 0 Å².